The quantitative estimate of drug-likeness (QED) is 0.739. The maximum atomic E-state index is 5.29. The zero-order valence-electron chi connectivity index (χ0n) is 6.74. The Kier molecular flexibility index (Phi) is 2.46. The normalized spacial score (nSPS) is 19.8. The minimum atomic E-state index is 0.565. The van der Waals surface area contributed by atoms with Crippen molar-refractivity contribution in [2.45, 2.75) is 18.9 Å². The van der Waals surface area contributed by atoms with E-state index in [9.17, 15) is 0 Å². The Bertz CT molecular complexity index is 255. The molecule has 1 fully saturated rings. The average molecular weight is 231 g/mol. The van der Waals surface area contributed by atoms with Gasteiger partial charge in [-0.15, -0.1) is 0 Å². The number of aromatic nitrogens is 2. The van der Waals surface area contributed by atoms with Gasteiger partial charge in [-0.2, -0.15) is 0 Å². The van der Waals surface area contributed by atoms with E-state index in [0.717, 1.165) is 30.7 Å². The van der Waals surface area contributed by atoms with Gasteiger partial charge >= 0.3 is 0 Å². The van der Waals surface area contributed by atoms with Crippen LogP contribution in [0.5, 0.6) is 0 Å². The summed E-state index contributed by atoms with van der Waals surface area (Å²) in [6, 6.07) is 0.565. The van der Waals surface area contributed by atoms with Crippen LogP contribution in [0, 0.1) is 0 Å². The van der Waals surface area contributed by atoms with Crippen LogP contribution in [0.3, 0.4) is 0 Å². The van der Waals surface area contributed by atoms with Gasteiger partial charge in [0, 0.05) is 19.3 Å². The molecule has 1 aliphatic rings. The van der Waals surface area contributed by atoms with E-state index in [0.29, 0.717) is 6.04 Å². The lowest BCUT2D eigenvalue weighted by Gasteiger charge is -2.23. The van der Waals surface area contributed by atoms with Gasteiger partial charge < -0.3 is 9.30 Å². The summed E-state index contributed by atoms with van der Waals surface area (Å²) in [5.74, 6) is 0. The van der Waals surface area contributed by atoms with E-state index in [1.165, 1.54) is 0 Å². The Morgan fingerprint density at radius 1 is 1.50 bits per heavy atom. The van der Waals surface area contributed by atoms with E-state index in [1.807, 2.05) is 12.5 Å². The average Bonchev–Trinajstić information content (AvgIpc) is 2.53. The monoisotopic (exact) mass is 230 g/mol. The van der Waals surface area contributed by atoms with Crippen LogP contribution in [0.1, 0.15) is 18.9 Å². The molecule has 0 radical (unpaired) electrons. The fourth-order valence-electron chi connectivity index (χ4n) is 1.52. The molecular weight excluding hydrogens is 220 g/mol. The molecule has 66 valence electrons. The smallest absolute Gasteiger partial charge is 0.105 e. The second-order valence-corrected chi connectivity index (χ2v) is 3.78. The molecule has 4 heteroatoms. The third kappa shape index (κ3) is 1.54. The second-order valence-electron chi connectivity index (χ2n) is 2.97. The van der Waals surface area contributed by atoms with Crippen LogP contribution < -0.4 is 0 Å². The van der Waals surface area contributed by atoms with Crippen molar-refractivity contribution >= 4 is 15.9 Å². The van der Waals surface area contributed by atoms with Crippen molar-refractivity contribution < 1.29 is 4.74 Å². The standard InChI is InChI=1S/C8H11BrN2O/c9-8-5-10-6-11(8)7-1-3-12-4-2-7/h5-7H,1-4H2. The summed E-state index contributed by atoms with van der Waals surface area (Å²) in [5.41, 5.74) is 0. The first-order chi connectivity index (χ1) is 5.88. The van der Waals surface area contributed by atoms with E-state index >= 15 is 0 Å². The Balaban J connectivity index is 2.13. The Hall–Kier alpha value is -0.350. The maximum absolute atomic E-state index is 5.29. The number of rotatable bonds is 1. The minimum absolute atomic E-state index is 0.565. The molecule has 1 aliphatic heterocycles. The molecule has 2 heterocycles. The molecule has 3 nitrogen and oxygen atoms in total. The van der Waals surface area contributed by atoms with Crippen LogP contribution in [0.15, 0.2) is 17.1 Å². The third-order valence-electron chi connectivity index (χ3n) is 2.20. The molecule has 1 aromatic heterocycles. The van der Waals surface area contributed by atoms with Crippen molar-refractivity contribution in [2.24, 2.45) is 0 Å². The molecule has 12 heavy (non-hydrogen) atoms. The topological polar surface area (TPSA) is 27.1 Å². The van der Waals surface area contributed by atoms with Gasteiger partial charge in [0.15, 0.2) is 0 Å². The summed E-state index contributed by atoms with van der Waals surface area (Å²) in [6.45, 7) is 1.74. The number of hydrogen-bond donors (Lipinski definition) is 0. The van der Waals surface area contributed by atoms with Crippen LogP contribution in [0.4, 0.5) is 0 Å². The highest BCUT2D eigenvalue weighted by atomic mass is 79.9. The number of hydrogen-bond acceptors (Lipinski definition) is 2. The Labute approximate surface area is 79.9 Å². The van der Waals surface area contributed by atoms with Gasteiger partial charge in [-0.3, -0.25) is 0 Å². The summed E-state index contributed by atoms with van der Waals surface area (Å²) in [5, 5.41) is 0. The summed E-state index contributed by atoms with van der Waals surface area (Å²) in [4.78, 5) is 4.07. The highest BCUT2D eigenvalue weighted by Gasteiger charge is 2.16. The van der Waals surface area contributed by atoms with E-state index in [-0.39, 0.29) is 0 Å². The van der Waals surface area contributed by atoms with Gasteiger partial charge in [0.2, 0.25) is 0 Å². The predicted molar refractivity (Wildman–Crippen MR) is 49.0 cm³/mol. The SMILES string of the molecule is Brc1cncn1C1CCOCC1. The maximum Gasteiger partial charge on any atom is 0.105 e. The van der Waals surface area contributed by atoms with Gasteiger partial charge in [0.05, 0.1) is 12.5 Å². The van der Waals surface area contributed by atoms with Gasteiger partial charge in [-0.25, -0.2) is 4.98 Å². The second kappa shape index (κ2) is 3.58. The zero-order chi connectivity index (χ0) is 8.39. The summed E-state index contributed by atoms with van der Waals surface area (Å²) >= 11 is 3.46. The van der Waals surface area contributed by atoms with Crippen LogP contribution in [-0.4, -0.2) is 22.8 Å². The number of halogens is 1. The molecule has 0 spiro atoms. The first-order valence-corrected chi connectivity index (χ1v) is 4.92. The molecule has 0 aromatic carbocycles. The molecule has 0 bridgehead atoms. The molecule has 1 saturated heterocycles. The lowest BCUT2D eigenvalue weighted by Crippen LogP contribution is -2.19. The minimum Gasteiger partial charge on any atom is -0.381 e. The number of nitrogens with zero attached hydrogens (tertiary/aromatic N) is 2. The summed E-state index contributed by atoms with van der Waals surface area (Å²) < 4.78 is 8.52. The molecule has 1 aromatic rings. The van der Waals surface area contributed by atoms with Gasteiger partial charge in [0.1, 0.15) is 4.60 Å². The third-order valence-corrected chi connectivity index (χ3v) is 2.82. The van der Waals surface area contributed by atoms with Crippen molar-refractivity contribution in [1.29, 1.82) is 0 Å². The zero-order valence-corrected chi connectivity index (χ0v) is 8.33. The lowest BCUT2D eigenvalue weighted by molar-refractivity contribution is 0.0690. The highest BCUT2D eigenvalue weighted by Crippen LogP contribution is 2.24. The van der Waals surface area contributed by atoms with E-state index in [4.69, 9.17) is 4.74 Å². The van der Waals surface area contributed by atoms with Crippen LogP contribution >= 0.6 is 15.9 Å². The Morgan fingerprint density at radius 3 is 2.83 bits per heavy atom. The summed E-state index contributed by atoms with van der Waals surface area (Å²) in [6.07, 6.45) is 5.89. The van der Waals surface area contributed by atoms with Crippen LogP contribution in [0.2, 0.25) is 0 Å². The van der Waals surface area contributed by atoms with Crippen molar-refractivity contribution in [3.05, 3.63) is 17.1 Å². The van der Waals surface area contributed by atoms with Crippen LogP contribution in [0.25, 0.3) is 0 Å². The van der Waals surface area contributed by atoms with E-state index in [2.05, 4.69) is 25.5 Å². The van der Waals surface area contributed by atoms with Crippen molar-refractivity contribution in [2.75, 3.05) is 13.2 Å². The van der Waals surface area contributed by atoms with Gasteiger partial charge in [-0.1, -0.05) is 0 Å². The number of ether oxygens (including phenoxy) is 1. The van der Waals surface area contributed by atoms with E-state index in [1.54, 1.807) is 0 Å². The molecule has 2 rings (SSSR count). The molecule has 0 saturated carbocycles. The molecule has 0 unspecified atom stereocenters. The fourth-order valence-corrected chi connectivity index (χ4v) is 2.02. The lowest BCUT2D eigenvalue weighted by atomic mass is 10.1. The molecule has 0 N–H and O–H groups in total. The van der Waals surface area contributed by atoms with Crippen LogP contribution in [-0.2, 0) is 4.74 Å². The molecule has 0 aliphatic carbocycles. The number of imidazole rings is 1. The molecule has 0 atom stereocenters. The highest BCUT2D eigenvalue weighted by molar-refractivity contribution is 9.10. The van der Waals surface area contributed by atoms with E-state index < -0.39 is 0 Å². The largest absolute Gasteiger partial charge is 0.381 e. The predicted octanol–water partition coefficient (Wildman–Crippen LogP) is 2.00. The first-order valence-electron chi connectivity index (χ1n) is 4.13. The van der Waals surface area contributed by atoms with Crippen molar-refractivity contribution in [3.63, 3.8) is 0 Å². The Morgan fingerprint density at radius 2 is 2.25 bits per heavy atom. The first kappa shape index (κ1) is 8.26. The van der Waals surface area contributed by atoms with Crippen molar-refractivity contribution in [3.8, 4) is 0 Å². The summed E-state index contributed by atoms with van der Waals surface area (Å²) in [7, 11) is 0. The van der Waals surface area contributed by atoms with Crippen molar-refractivity contribution in [1.82, 2.24) is 9.55 Å². The van der Waals surface area contributed by atoms with Gasteiger partial charge in [-0.05, 0) is 28.8 Å². The van der Waals surface area contributed by atoms with Gasteiger partial charge in [0.25, 0.3) is 0 Å². The fraction of sp³-hybridized carbons (Fsp3) is 0.625. The molecule has 0 amide bonds. The molecular formula is C8H11BrN2O.